The standard InChI is InChI=1S/C19H18N4/c1-19(2)7-8-21-15-10-17-16(9-14(15)19)22-18(23-17)13-5-3-12(11-20)4-6-13/h3-6,9-10,21H,7-8H2,1-2H3,(H,22,23). The number of aromatic amines is 1. The molecule has 1 aromatic heterocycles. The van der Waals surface area contributed by atoms with E-state index in [1.165, 1.54) is 11.3 Å². The van der Waals surface area contributed by atoms with Gasteiger partial charge in [0.15, 0.2) is 0 Å². The van der Waals surface area contributed by atoms with Gasteiger partial charge in [-0.05, 0) is 53.8 Å². The highest BCUT2D eigenvalue weighted by atomic mass is 14.9. The summed E-state index contributed by atoms with van der Waals surface area (Å²) < 4.78 is 0. The first-order chi connectivity index (χ1) is 11.1. The molecule has 114 valence electrons. The quantitative estimate of drug-likeness (QED) is 0.708. The highest BCUT2D eigenvalue weighted by Crippen LogP contribution is 2.38. The molecule has 2 aromatic carbocycles. The van der Waals surface area contributed by atoms with Crippen molar-refractivity contribution in [3.8, 4) is 17.5 Å². The maximum atomic E-state index is 8.90. The number of nitriles is 1. The molecule has 4 heteroatoms. The Kier molecular flexibility index (Phi) is 2.92. The Balaban J connectivity index is 1.83. The molecular weight excluding hydrogens is 284 g/mol. The Labute approximate surface area is 135 Å². The van der Waals surface area contributed by atoms with Crippen molar-refractivity contribution >= 4 is 16.7 Å². The molecule has 1 aliphatic rings. The summed E-state index contributed by atoms with van der Waals surface area (Å²) in [5, 5.41) is 12.4. The van der Waals surface area contributed by atoms with E-state index >= 15 is 0 Å². The lowest BCUT2D eigenvalue weighted by atomic mass is 9.78. The van der Waals surface area contributed by atoms with Crippen molar-refractivity contribution in [1.82, 2.24) is 9.97 Å². The minimum absolute atomic E-state index is 0.175. The van der Waals surface area contributed by atoms with Crippen LogP contribution in [-0.2, 0) is 5.41 Å². The van der Waals surface area contributed by atoms with E-state index in [-0.39, 0.29) is 5.41 Å². The lowest BCUT2D eigenvalue weighted by Crippen LogP contribution is -2.28. The van der Waals surface area contributed by atoms with E-state index in [9.17, 15) is 0 Å². The molecule has 0 unspecified atom stereocenters. The van der Waals surface area contributed by atoms with Gasteiger partial charge in [0.05, 0.1) is 22.7 Å². The summed E-state index contributed by atoms with van der Waals surface area (Å²) in [7, 11) is 0. The van der Waals surface area contributed by atoms with Crippen molar-refractivity contribution in [2.45, 2.75) is 25.7 Å². The largest absolute Gasteiger partial charge is 0.385 e. The maximum absolute atomic E-state index is 8.90. The van der Waals surface area contributed by atoms with E-state index in [0.717, 1.165) is 35.4 Å². The van der Waals surface area contributed by atoms with Gasteiger partial charge in [-0.25, -0.2) is 4.98 Å². The smallest absolute Gasteiger partial charge is 0.138 e. The number of fused-ring (bicyclic) bond motifs is 2. The zero-order valence-electron chi connectivity index (χ0n) is 13.3. The highest BCUT2D eigenvalue weighted by molar-refractivity contribution is 5.85. The fourth-order valence-electron chi connectivity index (χ4n) is 3.25. The molecule has 0 saturated heterocycles. The Morgan fingerprint density at radius 3 is 2.70 bits per heavy atom. The molecule has 0 radical (unpaired) electrons. The molecule has 0 atom stereocenters. The summed E-state index contributed by atoms with van der Waals surface area (Å²) >= 11 is 0. The second-order valence-electron chi connectivity index (χ2n) is 6.75. The number of hydrogen-bond donors (Lipinski definition) is 2. The van der Waals surface area contributed by atoms with Crippen molar-refractivity contribution < 1.29 is 0 Å². The molecule has 23 heavy (non-hydrogen) atoms. The lowest BCUT2D eigenvalue weighted by molar-refractivity contribution is 0.482. The zero-order chi connectivity index (χ0) is 16.0. The number of imidazole rings is 1. The van der Waals surface area contributed by atoms with Crippen LogP contribution in [0.5, 0.6) is 0 Å². The number of benzene rings is 2. The number of rotatable bonds is 1. The van der Waals surface area contributed by atoms with Gasteiger partial charge in [-0.2, -0.15) is 5.26 Å². The summed E-state index contributed by atoms with van der Waals surface area (Å²) in [5.74, 6) is 0.838. The van der Waals surface area contributed by atoms with Crippen LogP contribution in [0.1, 0.15) is 31.4 Å². The second-order valence-corrected chi connectivity index (χ2v) is 6.75. The van der Waals surface area contributed by atoms with E-state index in [1.54, 1.807) is 0 Å². The first-order valence-corrected chi connectivity index (χ1v) is 7.85. The summed E-state index contributed by atoms with van der Waals surface area (Å²) in [6, 6.07) is 14.0. The molecular formula is C19H18N4. The number of nitrogens with zero attached hydrogens (tertiary/aromatic N) is 2. The van der Waals surface area contributed by atoms with Gasteiger partial charge < -0.3 is 10.3 Å². The molecule has 4 nitrogen and oxygen atoms in total. The average molecular weight is 302 g/mol. The Morgan fingerprint density at radius 2 is 1.96 bits per heavy atom. The van der Waals surface area contributed by atoms with Crippen molar-refractivity contribution in [2.75, 3.05) is 11.9 Å². The fraction of sp³-hybridized carbons (Fsp3) is 0.263. The van der Waals surface area contributed by atoms with Crippen LogP contribution in [0.15, 0.2) is 36.4 Å². The van der Waals surface area contributed by atoms with Crippen LogP contribution in [0.2, 0.25) is 0 Å². The second kappa shape index (κ2) is 4.85. The van der Waals surface area contributed by atoms with Crippen LogP contribution in [0.25, 0.3) is 22.4 Å². The van der Waals surface area contributed by atoms with Gasteiger partial charge in [-0.3, -0.25) is 0 Å². The molecule has 1 aliphatic heterocycles. The first-order valence-electron chi connectivity index (χ1n) is 7.85. The Bertz CT molecular complexity index is 926. The van der Waals surface area contributed by atoms with Crippen molar-refractivity contribution in [3.05, 3.63) is 47.5 Å². The normalized spacial score (nSPS) is 15.7. The fourth-order valence-corrected chi connectivity index (χ4v) is 3.25. The van der Waals surface area contributed by atoms with Crippen LogP contribution >= 0.6 is 0 Å². The molecule has 2 N–H and O–H groups in total. The minimum atomic E-state index is 0.175. The van der Waals surface area contributed by atoms with Gasteiger partial charge in [-0.15, -0.1) is 0 Å². The molecule has 2 heterocycles. The van der Waals surface area contributed by atoms with Crippen molar-refractivity contribution in [2.24, 2.45) is 0 Å². The highest BCUT2D eigenvalue weighted by Gasteiger charge is 2.28. The number of aromatic nitrogens is 2. The lowest BCUT2D eigenvalue weighted by Gasteiger charge is -2.33. The van der Waals surface area contributed by atoms with Gasteiger partial charge >= 0.3 is 0 Å². The van der Waals surface area contributed by atoms with Crippen molar-refractivity contribution in [3.63, 3.8) is 0 Å². The van der Waals surface area contributed by atoms with Crippen molar-refractivity contribution in [1.29, 1.82) is 5.26 Å². The topological polar surface area (TPSA) is 64.5 Å². The monoisotopic (exact) mass is 302 g/mol. The van der Waals surface area contributed by atoms with E-state index in [0.29, 0.717) is 5.56 Å². The molecule has 4 rings (SSSR count). The number of hydrogen-bond acceptors (Lipinski definition) is 3. The van der Waals surface area contributed by atoms with Crippen LogP contribution < -0.4 is 5.32 Å². The third-order valence-corrected chi connectivity index (χ3v) is 4.70. The van der Waals surface area contributed by atoms with E-state index in [1.807, 2.05) is 24.3 Å². The number of nitrogens with one attached hydrogen (secondary N) is 2. The molecule has 0 spiro atoms. The van der Waals surface area contributed by atoms with E-state index in [4.69, 9.17) is 10.2 Å². The van der Waals surface area contributed by atoms with Gasteiger partial charge in [-0.1, -0.05) is 13.8 Å². The Morgan fingerprint density at radius 1 is 1.17 bits per heavy atom. The molecule has 3 aromatic rings. The van der Waals surface area contributed by atoms with Gasteiger partial charge in [0, 0.05) is 17.8 Å². The van der Waals surface area contributed by atoms with Gasteiger partial charge in [0.2, 0.25) is 0 Å². The summed E-state index contributed by atoms with van der Waals surface area (Å²) in [6.45, 7) is 5.57. The average Bonchev–Trinajstić information content (AvgIpc) is 2.96. The molecule has 0 bridgehead atoms. The van der Waals surface area contributed by atoms with Gasteiger partial charge in [0.25, 0.3) is 0 Å². The van der Waals surface area contributed by atoms with Crippen LogP contribution in [0, 0.1) is 11.3 Å². The predicted octanol–water partition coefficient (Wildman–Crippen LogP) is 4.19. The number of anilines is 1. The van der Waals surface area contributed by atoms with Crippen LogP contribution in [0.3, 0.4) is 0 Å². The van der Waals surface area contributed by atoms with E-state index in [2.05, 4.69) is 42.4 Å². The zero-order valence-corrected chi connectivity index (χ0v) is 13.3. The predicted molar refractivity (Wildman–Crippen MR) is 92.4 cm³/mol. The van der Waals surface area contributed by atoms with E-state index < -0.39 is 0 Å². The minimum Gasteiger partial charge on any atom is -0.385 e. The molecule has 0 fully saturated rings. The maximum Gasteiger partial charge on any atom is 0.138 e. The summed E-state index contributed by atoms with van der Waals surface area (Å²) in [5.41, 5.74) is 6.37. The molecule has 0 aliphatic carbocycles. The van der Waals surface area contributed by atoms with Crippen LogP contribution in [0.4, 0.5) is 5.69 Å². The summed E-state index contributed by atoms with van der Waals surface area (Å²) in [6.07, 6.45) is 1.13. The number of H-pyrrole nitrogens is 1. The molecule has 0 amide bonds. The Hall–Kier alpha value is -2.80. The summed E-state index contributed by atoms with van der Waals surface area (Å²) in [4.78, 5) is 8.13. The van der Waals surface area contributed by atoms with Gasteiger partial charge in [0.1, 0.15) is 5.82 Å². The first kappa shape index (κ1) is 13.8. The third kappa shape index (κ3) is 2.25. The SMILES string of the molecule is CC1(C)CCNc2cc3nc(-c4ccc(C#N)cc4)[nH]c3cc21. The third-order valence-electron chi connectivity index (χ3n) is 4.70. The molecule has 0 saturated carbocycles. The van der Waals surface area contributed by atoms with Crippen LogP contribution in [-0.4, -0.2) is 16.5 Å².